The van der Waals surface area contributed by atoms with Crippen molar-refractivity contribution in [2.24, 2.45) is 0 Å². The third-order valence-electron chi connectivity index (χ3n) is 0.535. The maximum atomic E-state index is 10.1. The zero-order valence-corrected chi connectivity index (χ0v) is 6.21. The summed E-state index contributed by atoms with van der Waals surface area (Å²) in [6, 6.07) is 0. The van der Waals surface area contributed by atoms with E-state index < -0.39 is 5.97 Å². The topological polar surface area (TPSA) is 54.4 Å². The van der Waals surface area contributed by atoms with E-state index in [-0.39, 0.29) is 16.6 Å². The molecule has 0 aromatic heterocycles. The van der Waals surface area contributed by atoms with Gasteiger partial charge in [-0.2, -0.15) is 0 Å². The SMILES string of the molecule is O=C(O)CCC(=O)I. The maximum absolute atomic E-state index is 10.1. The lowest BCUT2D eigenvalue weighted by Gasteiger charge is -1.84. The molecule has 0 unspecified atom stereocenters. The average molecular weight is 228 g/mol. The molecule has 0 spiro atoms. The molecule has 0 radical (unpaired) electrons. The van der Waals surface area contributed by atoms with E-state index in [1.54, 1.807) is 22.6 Å². The summed E-state index contributed by atoms with van der Waals surface area (Å²) in [5.74, 6) is -0.921. The van der Waals surface area contributed by atoms with E-state index in [2.05, 4.69) is 0 Å². The van der Waals surface area contributed by atoms with Crippen molar-refractivity contribution >= 4 is 32.4 Å². The molecule has 4 heteroatoms. The number of hydrogen-bond donors (Lipinski definition) is 1. The van der Waals surface area contributed by atoms with Crippen LogP contribution in [-0.4, -0.2) is 14.9 Å². The van der Waals surface area contributed by atoms with E-state index in [1.807, 2.05) is 0 Å². The van der Waals surface area contributed by atoms with Gasteiger partial charge in [0.05, 0.1) is 6.42 Å². The van der Waals surface area contributed by atoms with Gasteiger partial charge in [0.1, 0.15) is 0 Å². The zero-order valence-electron chi connectivity index (χ0n) is 4.06. The van der Waals surface area contributed by atoms with Crippen molar-refractivity contribution in [3.8, 4) is 0 Å². The van der Waals surface area contributed by atoms with Gasteiger partial charge in [0, 0.05) is 6.42 Å². The lowest BCUT2D eigenvalue weighted by molar-refractivity contribution is -0.137. The minimum absolute atomic E-state index is 0.0538. The molecule has 46 valence electrons. The van der Waals surface area contributed by atoms with E-state index in [1.165, 1.54) is 0 Å². The minimum Gasteiger partial charge on any atom is -0.481 e. The van der Waals surface area contributed by atoms with Crippen molar-refractivity contribution in [3.63, 3.8) is 0 Å². The van der Waals surface area contributed by atoms with Crippen LogP contribution < -0.4 is 0 Å². The fourth-order valence-electron chi connectivity index (χ4n) is 0.205. The van der Waals surface area contributed by atoms with Gasteiger partial charge in [-0.05, 0) is 22.6 Å². The van der Waals surface area contributed by atoms with Gasteiger partial charge in [-0.25, -0.2) is 0 Å². The molecule has 0 rings (SSSR count). The van der Waals surface area contributed by atoms with Crippen LogP contribution >= 0.6 is 22.6 Å². The number of hydrogen-bond acceptors (Lipinski definition) is 2. The number of carbonyl (C=O) groups is 2. The highest BCUT2D eigenvalue weighted by Crippen LogP contribution is 1.96. The van der Waals surface area contributed by atoms with Gasteiger partial charge in [-0.15, -0.1) is 0 Å². The van der Waals surface area contributed by atoms with Gasteiger partial charge >= 0.3 is 5.97 Å². The highest BCUT2D eigenvalue weighted by Gasteiger charge is 1.99. The predicted molar refractivity (Wildman–Crippen MR) is 35.9 cm³/mol. The number of carbonyl (C=O) groups excluding carboxylic acids is 1. The molecule has 0 aliphatic heterocycles. The van der Waals surface area contributed by atoms with Gasteiger partial charge in [0.2, 0.25) is 0 Å². The highest BCUT2D eigenvalue weighted by molar-refractivity contribution is 14.1. The summed E-state index contributed by atoms with van der Waals surface area (Å²) in [5.41, 5.74) is 0. The molecule has 0 heterocycles. The predicted octanol–water partition coefficient (Wildman–Crippen LogP) is 0.813. The van der Waals surface area contributed by atoms with Crippen LogP contribution in [0.15, 0.2) is 0 Å². The van der Waals surface area contributed by atoms with Crippen LogP contribution in [0.5, 0.6) is 0 Å². The Balaban J connectivity index is 3.18. The van der Waals surface area contributed by atoms with Crippen LogP contribution in [0.3, 0.4) is 0 Å². The Morgan fingerprint density at radius 1 is 1.38 bits per heavy atom. The molecule has 0 atom stereocenters. The normalized spacial score (nSPS) is 8.62. The molecule has 0 aliphatic rings. The summed E-state index contributed by atoms with van der Waals surface area (Å²) in [4.78, 5) is 19.8. The van der Waals surface area contributed by atoms with E-state index in [9.17, 15) is 9.59 Å². The van der Waals surface area contributed by atoms with Crippen LogP contribution in [0.4, 0.5) is 0 Å². The summed E-state index contributed by atoms with van der Waals surface area (Å²) in [6.45, 7) is 0. The Bertz CT molecular complexity index is 95.9. The Hall–Kier alpha value is -0.130. The van der Waals surface area contributed by atoms with Gasteiger partial charge in [-0.3, -0.25) is 9.59 Å². The molecule has 0 bridgehead atoms. The number of carboxylic acids is 1. The van der Waals surface area contributed by atoms with E-state index in [4.69, 9.17) is 5.11 Å². The second-order valence-electron chi connectivity index (χ2n) is 1.25. The molecule has 0 aromatic rings. The lowest BCUT2D eigenvalue weighted by Crippen LogP contribution is -1.96. The van der Waals surface area contributed by atoms with Crippen LogP contribution in [-0.2, 0) is 9.59 Å². The first-order valence-corrected chi connectivity index (χ1v) is 3.11. The number of halogens is 1. The molecule has 0 fully saturated rings. The van der Waals surface area contributed by atoms with Gasteiger partial charge in [0.25, 0.3) is 0 Å². The summed E-state index contributed by atoms with van der Waals surface area (Å²) in [7, 11) is 0. The van der Waals surface area contributed by atoms with Crippen LogP contribution in [0, 0.1) is 0 Å². The standard InChI is InChI=1S/C4H5IO3/c5-3(6)1-2-4(7)8/h1-2H2,(H,7,8). The van der Waals surface area contributed by atoms with Gasteiger partial charge < -0.3 is 5.11 Å². The Kier molecular flexibility index (Phi) is 3.76. The average Bonchev–Trinajstić information content (AvgIpc) is 1.61. The summed E-state index contributed by atoms with van der Waals surface area (Å²) in [6.07, 6.45) is 0.0810. The van der Waals surface area contributed by atoms with Crippen LogP contribution in [0.25, 0.3) is 0 Å². The summed E-state index contributed by atoms with van der Waals surface area (Å²) in [5, 5.41) is 8.01. The third-order valence-corrected chi connectivity index (χ3v) is 1.07. The Morgan fingerprint density at radius 3 is 2.00 bits per heavy atom. The monoisotopic (exact) mass is 228 g/mol. The van der Waals surface area contributed by atoms with E-state index in [0.717, 1.165) is 0 Å². The summed E-state index contributed by atoms with van der Waals surface area (Å²) < 4.78 is -0.106. The van der Waals surface area contributed by atoms with Crippen molar-refractivity contribution < 1.29 is 14.7 Å². The minimum atomic E-state index is -0.921. The zero-order chi connectivity index (χ0) is 6.57. The summed E-state index contributed by atoms with van der Waals surface area (Å²) >= 11 is 1.57. The molecular formula is C4H5IO3. The van der Waals surface area contributed by atoms with Crippen molar-refractivity contribution in [1.82, 2.24) is 0 Å². The maximum Gasteiger partial charge on any atom is 0.303 e. The third kappa shape index (κ3) is 5.87. The van der Waals surface area contributed by atoms with Gasteiger partial charge in [-0.1, -0.05) is 0 Å². The number of rotatable bonds is 3. The Morgan fingerprint density at radius 2 is 1.88 bits per heavy atom. The molecule has 3 nitrogen and oxygen atoms in total. The lowest BCUT2D eigenvalue weighted by atomic mass is 10.3. The second kappa shape index (κ2) is 3.82. The molecule has 0 aromatic carbocycles. The molecular weight excluding hydrogens is 223 g/mol. The second-order valence-corrected chi connectivity index (χ2v) is 2.45. The largest absolute Gasteiger partial charge is 0.481 e. The van der Waals surface area contributed by atoms with E-state index >= 15 is 0 Å². The molecule has 0 saturated heterocycles. The van der Waals surface area contributed by atoms with Gasteiger partial charge in [0.15, 0.2) is 3.79 Å². The fraction of sp³-hybridized carbons (Fsp3) is 0.500. The fourth-order valence-corrected chi connectivity index (χ4v) is 0.475. The first kappa shape index (κ1) is 7.87. The van der Waals surface area contributed by atoms with Crippen molar-refractivity contribution in [1.29, 1.82) is 0 Å². The molecule has 0 amide bonds. The van der Waals surface area contributed by atoms with Crippen molar-refractivity contribution in [2.75, 3.05) is 0 Å². The number of aliphatic carboxylic acids is 1. The first-order valence-electron chi connectivity index (χ1n) is 2.03. The van der Waals surface area contributed by atoms with Crippen molar-refractivity contribution in [3.05, 3.63) is 0 Å². The number of carboxylic acid groups (broad SMARTS) is 1. The van der Waals surface area contributed by atoms with Crippen molar-refractivity contribution in [2.45, 2.75) is 12.8 Å². The smallest absolute Gasteiger partial charge is 0.303 e. The molecule has 0 saturated carbocycles. The molecule has 8 heavy (non-hydrogen) atoms. The molecule has 1 N–H and O–H groups in total. The van der Waals surface area contributed by atoms with E-state index in [0.29, 0.717) is 0 Å². The van der Waals surface area contributed by atoms with Crippen LogP contribution in [0.2, 0.25) is 0 Å². The molecule has 0 aliphatic carbocycles. The Labute approximate surface area is 60.2 Å². The van der Waals surface area contributed by atoms with Crippen LogP contribution in [0.1, 0.15) is 12.8 Å². The quantitative estimate of drug-likeness (QED) is 0.574. The first-order chi connectivity index (χ1) is 3.63. The highest BCUT2D eigenvalue weighted by atomic mass is 127.